The van der Waals surface area contributed by atoms with Crippen molar-refractivity contribution >= 4 is 33.0 Å². The lowest BCUT2D eigenvalue weighted by molar-refractivity contribution is 0.198. The van der Waals surface area contributed by atoms with Gasteiger partial charge in [-0.05, 0) is 55.0 Å². The molecule has 5 nitrogen and oxygen atoms in total. The summed E-state index contributed by atoms with van der Waals surface area (Å²) < 4.78 is 32.0. The molecular formula is C16H19ClN2O3S. The van der Waals surface area contributed by atoms with E-state index in [1.54, 1.807) is 31.4 Å². The lowest BCUT2D eigenvalue weighted by Crippen LogP contribution is -2.12. The van der Waals surface area contributed by atoms with Crippen LogP contribution >= 0.6 is 11.6 Å². The Balaban J connectivity index is 1.98. The summed E-state index contributed by atoms with van der Waals surface area (Å²) in [6.45, 7) is 1.50. The van der Waals surface area contributed by atoms with Crippen molar-refractivity contribution in [2.45, 2.75) is 11.3 Å². The first-order valence-electron chi connectivity index (χ1n) is 7.12. The molecule has 0 aliphatic heterocycles. The van der Waals surface area contributed by atoms with E-state index in [9.17, 15) is 8.42 Å². The number of nitrogens with one attached hydrogen (secondary N) is 2. The van der Waals surface area contributed by atoms with Gasteiger partial charge in [0.15, 0.2) is 0 Å². The van der Waals surface area contributed by atoms with E-state index >= 15 is 0 Å². The summed E-state index contributed by atoms with van der Waals surface area (Å²) in [5.41, 5.74) is 1.43. The van der Waals surface area contributed by atoms with E-state index in [-0.39, 0.29) is 4.90 Å². The molecule has 0 amide bonds. The normalized spacial score (nSPS) is 11.2. The molecular weight excluding hydrogens is 336 g/mol. The molecule has 2 N–H and O–H groups in total. The molecule has 0 saturated heterocycles. The van der Waals surface area contributed by atoms with Gasteiger partial charge in [-0.25, -0.2) is 8.42 Å². The Morgan fingerprint density at radius 2 is 1.61 bits per heavy atom. The van der Waals surface area contributed by atoms with E-state index in [4.69, 9.17) is 16.3 Å². The molecule has 0 heterocycles. The van der Waals surface area contributed by atoms with Crippen molar-refractivity contribution in [1.82, 2.24) is 0 Å². The summed E-state index contributed by atoms with van der Waals surface area (Å²) in [7, 11) is -1.94. The summed E-state index contributed by atoms with van der Waals surface area (Å²) in [4.78, 5) is 0.170. The summed E-state index contributed by atoms with van der Waals surface area (Å²) in [5.74, 6) is 0. The minimum atomic E-state index is -3.61. The number of hydrogen-bond acceptors (Lipinski definition) is 4. The first-order valence-corrected chi connectivity index (χ1v) is 8.98. The van der Waals surface area contributed by atoms with Crippen LogP contribution in [0.25, 0.3) is 0 Å². The van der Waals surface area contributed by atoms with Gasteiger partial charge in [-0.3, -0.25) is 4.72 Å². The van der Waals surface area contributed by atoms with Crippen LogP contribution in [0.15, 0.2) is 53.4 Å². The monoisotopic (exact) mass is 354 g/mol. The van der Waals surface area contributed by atoms with Crippen LogP contribution in [0.3, 0.4) is 0 Å². The van der Waals surface area contributed by atoms with Gasteiger partial charge in [0, 0.05) is 36.7 Å². The molecule has 2 aromatic carbocycles. The maximum Gasteiger partial charge on any atom is 0.261 e. The molecule has 7 heteroatoms. The van der Waals surface area contributed by atoms with Gasteiger partial charge in [0.2, 0.25) is 0 Å². The molecule has 2 rings (SSSR count). The molecule has 0 bridgehead atoms. The molecule has 0 aromatic heterocycles. The van der Waals surface area contributed by atoms with Crippen LogP contribution in [0.1, 0.15) is 6.42 Å². The topological polar surface area (TPSA) is 67.4 Å². The van der Waals surface area contributed by atoms with Crippen LogP contribution in [-0.4, -0.2) is 28.7 Å². The van der Waals surface area contributed by atoms with Crippen molar-refractivity contribution in [1.29, 1.82) is 0 Å². The molecule has 0 unspecified atom stereocenters. The Kier molecular flexibility index (Phi) is 6.27. The molecule has 124 valence electrons. The maximum absolute atomic E-state index is 12.3. The Hall–Kier alpha value is -1.76. The number of sulfonamides is 1. The van der Waals surface area contributed by atoms with Crippen LogP contribution in [0.4, 0.5) is 11.4 Å². The average molecular weight is 355 g/mol. The largest absolute Gasteiger partial charge is 0.385 e. The Morgan fingerprint density at radius 1 is 1.00 bits per heavy atom. The Morgan fingerprint density at radius 3 is 2.22 bits per heavy atom. The van der Waals surface area contributed by atoms with Crippen molar-refractivity contribution in [2.75, 3.05) is 30.3 Å². The van der Waals surface area contributed by atoms with Gasteiger partial charge in [0.05, 0.1) is 4.90 Å². The second kappa shape index (κ2) is 8.19. The van der Waals surface area contributed by atoms with Crippen molar-refractivity contribution in [3.63, 3.8) is 0 Å². The van der Waals surface area contributed by atoms with Gasteiger partial charge < -0.3 is 10.1 Å². The molecule has 0 radical (unpaired) electrons. The van der Waals surface area contributed by atoms with Crippen LogP contribution in [0.5, 0.6) is 0 Å². The van der Waals surface area contributed by atoms with E-state index in [1.807, 2.05) is 12.1 Å². The number of halogens is 1. The van der Waals surface area contributed by atoms with E-state index in [1.165, 1.54) is 12.1 Å². The highest BCUT2D eigenvalue weighted by Gasteiger charge is 2.13. The molecule has 23 heavy (non-hydrogen) atoms. The van der Waals surface area contributed by atoms with E-state index in [0.717, 1.165) is 18.7 Å². The molecule has 0 fully saturated rings. The predicted octanol–water partition coefficient (Wildman–Crippen LogP) is 3.59. The maximum atomic E-state index is 12.3. The zero-order valence-electron chi connectivity index (χ0n) is 12.8. The van der Waals surface area contributed by atoms with Crippen LogP contribution < -0.4 is 10.0 Å². The zero-order valence-corrected chi connectivity index (χ0v) is 14.3. The van der Waals surface area contributed by atoms with E-state index < -0.39 is 10.0 Å². The zero-order chi connectivity index (χ0) is 16.7. The Labute approximate surface area is 141 Å². The fraction of sp³-hybridized carbons (Fsp3) is 0.250. The Bertz CT molecular complexity index is 716. The van der Waals surface area contributed by atoms with Gasteiger partial charge in [-0.2, -0.15) is 0 Å². The minimum Gasteiger partial charge on any atom is -0.385 e. The third-order valence-corrected chi connectivity index (χ3v) is 4.76. The predicted molar refractivity (Wildman–Crippen MR) is 93.7 cm³/mol. The summed E-state index contributed by atoms with van der Waals surface area (Å²) >= 11 is 5.77. The highest BCUT2D eigenvalue weighted by Crippen LogP contribution is 2.19. The molecule has 0 atom stereocenters. The highest BCUT2D eigenvalue weighted by molar-refractivity contribution is 7.92. The summed E-state index contributed by atoms with van der Waals surface area (Å²) in [6, 6.07) is 13.1. The van der Waals surface area contributed by atoms with E-state index in [2.05, 4.69) is 10.0 Å². The fourth-order valence-electron chi connectivity index (χ4n) is 1.93. The van der Waals surface area contributed by atoms with Gasteiger partial charge in [-0.15, -0.1) is 0 Å². The van der Waals surface area contributed by atoms with Crippen molar-refractivity contribution in [3.05, 3.63) is 53.6 Å². The number of ether oxygens (including phenoxy) is 1. The SMILES string of the molecule is COCCCNc1ccc(NS(=O)(=O)c2ccc(Cl)cc2)cc1. The van der Waals surface area contributed by atoms with Crippen molar-refractivity contribution in [3.8, 4) is 0 Å². The van der Waals surface area contributed by atoms with Crippen LogP contribution in [-0.2, 0) is 14.8 Å². The number of benzene rings is 2. The van der Waals surface area contributed by atoms with Crippen LogP contribution in [0, 0.1) is 0 Å². The van der Waals surface area contributed by atoms with Crippen molar-refractivity contribution in [2.24, 2.45) is 0 Å². The number of rotatable bonds is 8. The molecule has 2 aromatic rings. The second-order valence-electron chi connectivity index (χ2n) is 4.91. The molecule has 0 spiro atoms. The number of anilines is 2. The van der Waals surface area contributed by atoms with Crippen LogP contribution in [0.2, 0.25) is 5.02 Å². The lowest BCUT2D eigenvalue weighted by Gasteiger charge is -2.10. The first-order chi connectivity index (χ1) is 11.0. The highest BCUT2D eigenvalue weighted by atomic mass is 35.5. The standard InChI is InChI=1S/C16H19ClN2O3S/c1-22-12-2-11-18-14-5-7-15(8-6-14)19-23(20,21)16-9-3-13(17)4-10-16/h3-10,18-19H,2,11-12H2,1H3. The van der Waals surface area contributed by atoms with Crippen molar-refractivity contribution < 1.29 is 13.2 Å². The molecule has 0 saturated carbocycles. The number of methoxy groups -OCH3 is 1. The quantitative estimate of drug-likeness (QED) is 0.711. The average Bonchev–Trinajstić information content (AvgIpc) is 2.53. The smallest absolute Gasteiger partial charge is 0.261 e. The number of hydrogen-bond donors (Lipinski definition) is 2. The first kappa shape index (κ1) is 17.6. The molecule has 0 aliphatic carbocycles. The van der Waals surface area contributed by atoms with Gasteiger partial charge >= 0.3 is 0 Å². The third-order valence-electron chi connectivity index (χ3n) is 3.12. The van der Waals surface area contributed by atoms with E-state index in [0.29, 0.717) is 17.3 Å². The second-order valence-corrected chi connectivity index (χ2v) is 7.03. The van der Waals surface area contributed by atoms with Gasteiger partial charge in [0.25, 0.3) is 10.0 Å². The van der Waals surface area contributed by atoms with Gasteiger partial charge in [-0.1, -0.05) is 11.6 Å². The third kappa shape index (κ3) is 5.42. The lowest BCUT2D eigenvalue weighted by atomic mass is 10.3. The summed E-state index contributed by atoms with van der Waals surface area (Å²) in [5, 5.41) is 3.73. The van der Waals surface area contributed by atoms with Gasteiger partial charge in [0.1, 0.15) is 0 Å². The fourth-order valence-corrected chi connectivity index (χ4v) is 3.12. The minimum absolute atomic E-state index is 0.170. The summed E-state index contributed by atoms with van der Waals surface area (Å²) in [6.07, 6.45) is 0.904. The molecule has 0 aliphatic rings.